The maximum Gasteiger partial charge on any atom is 0.259 e. The summed E-state index contributed by atoms with van der Waals surface area (Å²) in [5.74, 6) is -0.924. The highest BCUT2D eigenvalue weighted by Crippen LogP contribution is 2.29. The fraction of sp³-hybridized carbons (Fsp3) is 0.320. The molecule has 3 aromatic rings. The summed E-state index contributed by atoms with van der Waals surface area (Å²) in [7, 11) is -4.19. The molecule has 1 fully saturated rings. The van der Waals surface area contributed by atoms with E-state index in [0.29, 0.717) is 12.1 Å². The molecule has 11 heteroatoms. The first-order valence-corrected chi connectivity index (χ1v) is 13.0. The Labute approximate surface area is 210 Å². The SMILES string of the molecule is Cc1ccc(C(=O)N2CCN(S(=O)(=O)c3c(C)noc3C)C2C(=O)NCc2cccc(CN)c2)cc1. The zero-order valence-electron chi connectivity index (χ0n) is 20.4. The van der Waals surface area contributed by atoms with Crippen molar-refractivity contribution in [3.8, 4) is 0 Å². The fourth-order valence-electron chi connectivity index (χ4n) is 4.31. The normalized spacial score (nSPS) is 16.3. The molecule has 1 aromatic heterocycles. The lowest BCUT2D eigenvalue weighted by Gasteiger charge is -2.28. The second-order valence-corrected chi connectivity index (χ2v) is 10.6. The van der Waals surface area contributed by atoms with E-state index in [1.165, 1.54) is 18.7 Å². The average Bonchev–Trinajstić information content (AvgIpc) is 3.46. The molecule has 1 aliphatic heterocycles. The Morgan fingerprint density at radius 3 is 2.42 bits per heavy atom. The minimum Gasteiger partial charge on any atom is -0.360 e. The van der Waals surface area contributed by atoms with Crippen LogP contribution in [-0.4, -0.2) is 53.8 Å². The van der Waals surface area contributed by atoms with Gasteiger partial charge in [0.25, 0.3) is 21.8 Å². The Kier molecular flexibility index (Phi) is 7.25. The number of carbonyl (C=O) groups is 2. The van der Waals surface area contributed by atoms with Gasteiger partial charge in [-0.25, -0.2) is 8.42 Å². The monoisotopic (exact) mass is 511 g/mol. The van der Waals surface area contributed by atoms with Crippen molar-refractivity contribution in [1.82, 2.24) is 19.7 Å². The van der Waals surface area contributed by atoms with Crippen LogP contribution in [-0.2, 0) is 27.9 Å². The smallest absolute Gasteiger partial charge is 0.259 e. The molecule has 190 valence electrons. The number of nitrogens with one attached hydrogen (secondary N) is 1. The van der Waals surface area contributed by atoms with E-state index in [1.54, 1.807) is 24.3 Å². The topological polar surface area (TPSA) is 139 Å². The molecule has 36 heavy (non-hydrogen) atoms. The van der Waals surface area contributed by atoms with Gasteiger partial charge in [0.2, 0.25) is 0 Å². The Morgan fingerprint density at radius 2 is 1.78 bits per heavy atom. The van der Waals surface area contributed by atoms with Crippen molar-refractivity contribution in [1.29, 1.82) is 0 Å². The second-order valence-electron chi connectivity index (χ2n) is 8.75. The summed E-state index contributed by atoms with van der Waals surface area (Å²) in [4.78, 5) is 28.1. The molecule has 1 unspecified atom stereocenters. The third kappa shape index (κ3) is 4.90. The standard InChI is InChI=1S/C25H29N5O5S/c1-16-7-9-21(10-8-16)25(32)29-11-12-30(36(33,34)22-17(2)28-35-18(22)3)24(29)23(31)27-15-20-6-4-5-19(13-20)14-26/h4-10,13,24H,11-12,14-15,26H2,1-3H3,(H,27,31). The zero-order chi connectivity index (χ0) is 26.0. The van der Waals surface area contributed by atoms with Crippen molar-refractivity contribution in [2.75, 3.05) is 13.1 Å². The van der Waals surface area contributed by atoms with Crippen LogP contribution in [0.2, 0.25) is 0 Å². The minimum atomic E-state index is -4.19. The molecule has 2 aromatic carbocycles. The van der Waals surface area contributed by atoms with Crippen LogP contribution in [0.5, 0.6) is 0 Å². The summed E-state index contributed by atoms with van der Waals surface area (Å²) in [6, 6.07) is 14.3. The van der Waals surface area contributed by atoms with E-state index in [4.69, 9.17) is 10.3 Å². The van der Waals surface area contributed by atoms with Crippen molar-refractivity contribution < 1.29 is 22.5 Å². The van der Waals surface area contributed by atoms with Gasteiger partial charge < -0.3 is 20.5 Å². The van der Waals surface area contributed by atoms with E-state index < -0.39 is 28.0 Å². The number of nitrogens with zero attached hydrogens (tertiary/aromatic N) is 3. The molecule has 3 N–H and O–H groups in total. The number of hydrogen-bond acceptors (Lipinski definition) is 7. The van der Waals surface area contributed by atoms with E-state index in [9.17, 15) is 18.0 Å². The number of benzene rings is 2. The summed E-state index contributed by atoms with van der Waals surface area (Å²) in [5, 5.41) is 6.55. The molecule has 0 saturated carbocycles. The first kappa shape index (κ1) is 25.5. The highest BCUT2D eigenvalue weighted by atomic mass is 32.2. The van der Waals surface area contributed by atoms with Crippen molar-refractivity contribution >= 4 is 21.8 Å². The predicted molar refractivity (Wildman–Crippen MR) is 132 cm³/mol. The van der Waals surface area contributed by atoms with Crippen molar-refractivity contribution in [3.63, 3.8) is 0 Å². The number of nitrogens with two attached hydrogens (primary N) is 1. The number of carbonyl (C=O) groups excluding carboxylic acids is 2. The molecule has 1 saturated heterocycles. The number of aryl methyl sites for hydroxylation is 3. The predicted octanol–water partition coefficient (Wildman–Crippen LogP) is 1.85. The van der Waals surface area contributed by atoms with Crippen molar-refractivity contribution in [2.45, 2.75) is 44.9 Å². The molecule has 0 radical (unpaired) electrons. The van der Waals surface area contributed by atoms with Gasteiger partial charge in [0.05, 0.1) is 0 Å². The molecule has 0 spiro atoms. The van der Waals surface area contributed by atoms with Gasteiger partial charge in [-0.3, -0.25) is 9.59 Å². The van der Waals surface area contributed by atoms with E-state index >= 15 is 0 Å². The molecule has 10 nitrogen and oxygen atoms in total. The highest BCUT2D eigenvalue weighted by Gasteiger charge is 2.48. The van der Waals surface area contributed by atoms with E-state index in [-0.39, 0.29) is 36.0 Å². The van der Waals surface area contributed by atoms with Crippen LogP contribution in [0.1, 0.15) is 38.5 Å². The van der Waals surface area contributed by atoms with Crippen LogP contribution < -0.4 is 11.1 Å². The van der Waals surface area contributed by atoms with Crippen LogP contribution in [0, 0.1) is 20.8 Å². The summed E-state index contributed by atoms with van der Waals surface area (Å²) in [5.41, 5.74) is 8.95. The van der Waals surface area contributed by atoms with Crippen molar-refractivity contribution in [3.05, 3.63) is 82.2 Å². The number of sulfonamides is 1. The Morgan fingerprint density at radius 1 is 1.08 bits per heavy atom. The lowest BCUT2D eigenvalue weighted by atomic mass is 10.1. The maximum atomic E-state index is 13.7. The summed E-state index contributed by atoms with van der Waals surface area (Å²) >= 11 is 0. The van der Waals surface area contributed by atoms with Gasteiger partial charge in [0, 0.05) is 31.7 Å². The van der Waals surface area contributed by atoms with Crippen molar-refractivity contribution in [2.24, 2.45) is 5.73 Å². The maximum absolute atomic E-state index is 13.7. The summed E-state index contributed by atoms with van der Waals surface area (Å²) in [6.07, 6.45) is -1.38. The minimum absolute atomic E-state index is 0.0509. The van der Waals surface area contributed by atoms with Crippen LogP contribution in [0.15, 0.2) is 57.9 Å². The second kappa shape index (κ2) is 10.2. The largest absolute Gasteiger partial charge is 0.360 e. The lowest BCUT2D eigenvalue weighted by Crippen LogP contribution is -2.53. The van der Waals surface area contributed by atoms with E-state index in [0.717, 1.165) is 21.0 Å². The number of aromatic nitrogens is 1. The Balaban J connectivity index is 1.67. The molecule has 2 heterocycles. The third-order valence-corrected chi connectivity index (χ3v) is 8.25. The van der Waals surface area contributed by atoms with Crippen LogP contribution in [0.4, 0.5) is 0 Å². The van der Waals surface area contributed by atoms with Crippen LogP contribution >= 0.6 is 0 Å². The molecular weight excluding hydrogens is 482 g/mol. The van der Waals surface area contributed by atoms with Gasteiger partial charge in [0.1, 0.15) is 10.6 Å². The molecule has 0 aliphatic carbocycles. The number of hydrogen-bond donors (Lipinski definition) is 2. The first-order chi connectivity index (χ1) is 17.1. The van der Waals surface area contributed by atoms with E-state index in [2.05, 4.69) is 10.5 Å². The zero-order valence-corrected chi connectivity index (χ0v) is 21.2. The summed E-state index contributed by atoms with van der Waals surface area (Å²) in [6.45, 7) is 5.42. The van der Waals surface area contributed by atoms with Gasteiger partial charge in [-0.1, -0.05) is 47.1 Å². The van der Waals surface area contributed by atoms with E-state index in [1.807, 2.05) is 31.2 Å². The van der Waals surface area contributed by atoms with Crippen LogP contribution in [0.25, 0.3) is 0 Å². The molecule has 0 bridgehead atoms. The van der Waals surface area contributed by atoms with Crippen LogP contribution in [0.3, 0.4) is 0 Å². The summed E-state index contributed by atoms with van der Waals surface area (Å²) < 4.78 is 33.4. The van der Waals surface area contributed by atoms with Gasteiger partial charge in [-0.2, -0.15) is 4.31 Å². The third-order valence-electron chi connectivity index (χ3n) is 6.15. The average molecular weight is 512 g/mol. The van der Waals surface area contributed by atoms with Gasteiger partial charge >= 0.3 is 0 Å². The number of amides is 2. The highest BCUT2D eigenvalue weighted by molar-refractivity contribution is 7.89. The molecule has 2 amide bonds. The van der Waals surface area contributed by atoms with Gasteiger partial charge in [0.15, 0.2) is 11.9 Å². The molecule has 1 atom stereocenters. The fourth-order valence-corrected chi connectivity index (χ4v) is 6.15. The van der Waals surface area contributed by atoms with Gasteiger partial charge in [-0.05, 0) is 44.0 Å². The molecule has 4 rings (SSSR count). The molecule has 1 aliphatic rings. The lowest BCUT2D eigenvalue weighted by molar-refractivity contribution is -0.127. The Hall–Kier alpha value is -3.54. The Bertz CT molecular complexity index is 1360. The van der Waals surface area contributed by atoms with Gasteiger partial charge in [-0.15, -0.1) is 0 Å². The molecular formula is C25H29N5O5S. The number of rotatable bonds is 7. The first-order valence-electron chi connectivity index (χ1n) is 11.5. The quantitative estimate of drug-likeness (QED) is 0.493.